The zero-order valence-corrected chi connectivity index (χ0v) is 16.6. The number of anilines is 1. The third kappa shape index (κ3) is 6.14. The van der Waals surface area contributed by atoms with Gasteiger partial charge in [0.25, 0.3) is 0 Å². The van der Waals surface area contributed by atoms with Gasteiger partial charge < -0.3 is 24.7 Å². The molecule has 3 rings (SSSR count). The van der Waals surface area contributed by atoms with Crippen LogP contribution in [-0.4, -0.2) is 43.1 Å². The fraction of sp³-hybridized carbons (Fsp3) is 0.364. The molecule has 1 aromatic heterocycles. The number of piperidine rings is 1. The third-order valence-corrected chi connectivity index (χ3v) is 4.85. The Kier molecular flexibility index (Phi) is 7.33. The van der Waals surface area contributed by atoms with Crippen LogP contribution in [0.3, 0.4) is 0 Å². The van der Waals surface area contributed by atoms with Crippen molar-refractivity contribution in [3.63, 3.8) is 0 Å². The number of carbonyl (C=O) groups excluding carboxylic acids is 2. The highest BCUT2D eigenvalue weighted by molar-refractivity contribution is 5.91. The number of likely N-dealkylation sites (tertiary alicyclic amines) is 1. The first-order valence-corrected chi connectivity index (χ1v) is 9.93. The van der Waals surface area contributed by atoms with Crippen LogP contribution in [0.5, 0.6) is 5.75 Å². The number of nitrogens with one attached hydrogen (secondary N) is 2. The monoisotopic (exact) mass is 397 g/mol. The van der Waals surface area contributed by atoms with Crippen LogP contribution in [0.1, 0.15) is 25.5 Å². The molecule has 7 nitrogen and oxygen atoms in total. The van der Waals surface area contributed by atoms with Gasteiger partial charge in [-0.1, -0.05) is 12.1 Å². The standard InChI is InChI=1S/C22H27N3O4/c1-2-28-20-8-4-3-7-19(20)24-22(27)23-16-17-11-13-25(14-12-17)21(26)10-9-18-6-5-15-29-18/h3-10,15,17H,2,11-14,16H2,1H3,(H2,23,24,27)/b10-9+. The molecule has 1 fully saturated rings. The van der Waals surface area contributed by atoms with Crippen molar-refractivity contribution in [2.75, 3.05) is 31.6 Å². The van der Waals surface area contributed by atoms with Crippen LogP contribution in [0.25, 0.3) is 6.08 Å². The van der Waals surface area contributed by atoms with Gasteiger partial charge in [-0.05, 0) is 56.0 Å². The largest absolute Gasteiger partial charge is 0.492 e. The fourth-order valence-electron chi connectivity index (χ4n) is 3.26. The van der Waals surface area contributed by atoms with E-state index in [1.165, 1.54) is 0 Å². The van der Waals surface area contributed by atoms with Crippen LogP contribution in [0, 0.1) is 5.92 Å². The summed E-state index contributed by atoms with van der Waals surface area (Å²) in [5.74, 6) is 1.65. The predicted molar refractivity (Wildman–Crippen MR) is 112 cm³/mol. The highest BCUT2D eigenvalue weighted by Gasteiger charge is 2.22. The predicted octanol–water partition coefficient (Wildman–Crippen LogP) is 3.75. The maximum absolute atomic E-state index is 12.3. The van der Waals surface area contributed by atoms with Gasteiger partial charge in [-0.3, -0.25) is 4.79 Å². The summed E-state index contributed by atoms with van der Waals surface area (Å²) in [6.07, 6.45) is 6.52. The normalized spacial score (nSPS) is 14.7. The second-order valence-corrected chi connectivity index (χ2v) is 6.88. The number of hydrogen-bond acceptors (Lipinski definition) is 4. The lowest BCUT2D eigenvalue weighted by Gasteiger charge is -2.31. The van der Waals surface area contributed by atoms with Crippen LogP contribution >= 0.6 is 0 Å². The zero-order chi connectivity index (χ0) is 20.5. The number of amides is 3. The Labute approximate surface area is 170 Å². The quantitative estimate of drug-likeness (QED) is 0.697. The second-order valence-electron chi connectivity index (χ2n) is 6.88. The lowest BCUT2D eigenvalue weighted by Crippen LogP contribution is -2.41. The number of rotatable bonds is 7. The van der Waals surface area contributed by atoms with Crippen LogP contribution in [-0.2, 0) is 4.79 Å². The van der Waals surface area contributed by atoms with Gasteiger partial charge in [-0.25, -0.2) is 4.79 Å². The Morgan fingerprint density at radius 1 is 1.21 bits per heavy atom. The maximum atomic E-state index is 12.3. The fourth-order valence-corrected chi connectivity index (χ4v) is 3.26. The minimum Gasteiger partial charge on any atom is -0.492 e. The molecule has 7 heteroatoms. The van der Waals surface area contributed by atoms with Crippen LogP contribution in [0.15, 0.2) is 53.2 Å². The lowest BCUT2D eigenvalue weighted by molar-refractivity contribution is -0.127. The molecule has 0 atom stereocenters. The van der Waals surface area contributed by atoms with Gasteiger partial charge in [0, 0.05) is 25.7 Å². The first-order valence-electron chi connectivity index (χ1n) is 9.93. The molecule has 2 heterocycles. The first-order chi connectivity index (χ1) is 14.2. The summed E-state index contributed by atoms with van der Waals surface area (Å²) < 4.78 is 10.7. The molecule has 0 spiro atoms. The van der Waals surface area contributed by atoms with E-state index >= 15 is 0 Å². The van der Waals surface area contributed by atoms with Crippen LogP contribution in [0.2, 0.25) is 0 Å². The minimum atomic E-state index is -0.253. The van der Waals surface area contributed by atoms with Gasteiger partial charge in [0.15, 0.2) is 0 Å². The number of nitrogens with zero attached hydrogens (tertiary/aromatic N) is 1. The van der Waals surface area contributed by atoms with Gasteiger partial charge in [-0.15, -0.1) is 0 Å². The van der Waals surface area contributed by atoms with Crippen molar-refractivity contribution >= 4 is 23.7 Å². The van der Waals surface area contributed by atoms with Crippen LogP contribution in [0.4, 0.5) is 10.5 Å². The van der Waals surface area contributed by atoms with E-state index < -0.39 is 0 Å². The summed E-state index contributed by atoms with van der Waals surface area (Å²) in [7, 11) is 0. The number of urea groups is 1. The van der Waals surface area contributed by atoms with Crippen molar-refractivity contribution in [3.05, 3.63) is 54.5 Å². The molecule has 0 saturated carbocycles. The van der Waals surface area contributed by atoms with E-state index in [2.05, 4.69) is 10.6 Å². The molecular formula is C22H27N3O4. The molecule has 2 aromatic rings. The molecule has 0 bridgehead atoms. The highest BCUT2D eigenvalue weighted by Crippen LogP contribution is 2.23. The molecule has 154 valence electrons. The number of ether oxygens (including phenoxy) is 1. The lowest BCUT2D eigenvalue weighted by atomic mass is 9.97. The average Bonchev–Trinajstić information content (AvgIpc) is 3.26. The molecule has 1 aliphatic heterocycles. The van der Waals surface area contributed by atoms with Crippen molar-refractivity contribution in [1.82, 2.24) is 10.2 Å². The number of para-hydroxylation sites is 2. The average molecular weight is 397 g/mol. The van der Waals surface area contributed by atoms with Crippen molar-refractivity contribution in [2.24, 2.45) is 5.92 Å². The summed E-state index contributed by atoms with van der Waals surface area (Å²) in [6.45, 7) is 4.38. The van der Waals surface area contributed by atoms with Gasteiger partial charge in [0.05, 0.1) is 18.6 Å². The molecule has 2 N–H and O–H groups in total. The third-order valence-electron chi connectivity index (χ3n) is 4.85. The molecule has 0 aliphatic carbocycles. The molecule has 3 amide bonds. The van der Waals surface area contributed by atoms with E-state index in [0.29, 0.717) is 49.4 Å². The van der Waals surface area contributed by atoms with E-state index in [1.807, 2.05) is 36.1 Å². The highest BCUT2D eigenvalue weighted by atomic mass is 16.5. The Morgan fingerprint density at radius 2 is 2.00 bits per heavy atom. The molecule has 0 radical (unpaired) electrons. The Bertz CT molecular complexity index is 824. The van der Waals surface area contributed by atoms with Crippen molar-refractivity contribution < 1.29 is 18.7 Å². The first kappa shape index (κ1) is 20.5. The Balaban J connectivity index is 1.39. The van der Waals surface area contributed by atoms with Crippen molar-refractivity contribution in [3.8, 4) is 5.75 Å². The Hall–Kier alpha value is -3.22. The van der Waals surface area contributed by atoms with Gasteiger partial charge in [-0.2, -0.15) is 0 Å². The molecule has 0 unspecified atom stereocenters. The summed E-state index contributed by atoms with van der Waals surface area (Å²) in [5, 5.41) is 5.76. The SMILES string of the molecule is CCOc1ccccc1NC(=O)NCC1CCN(C(=O)/C=C/c2ccco2)CC1. The second kappa shape index (κ2) is 10.4. The number of carbonyl (C=O) groups is 2. The maximum Gasteiger partial charge on any atom is 0.319 e. The van der Waals surface area contributed by atoms with E-state index in [0.717, 1.165) is 12.8 Å². The van der Waals surface area contributed by atoms with E-state index in [4.69, 9.17) is 9.15 Å². The van der Waals surface area contributed by atoms with Crippen LogP contribution < -0.4 is 15.4 Å². The smallest absolute Gasteiger partial charge is 0.319 e. The molecule has 1 aliphatic rings. The topological polar surface area (TPSA) is 83.8 Å². The zero-order valence-electron chi connectivity index (χ0n) is 16.6. The van der Waals surface area contributed by atoms with Crippen molar-refractivity contribution in [2.45, 2.75) is 19.8 Å². The molecule has 1 aromatic carbocycles. The summed E-state index contributed by atoms with van der Waals surface area (Å²) in [6, 6.07) is 10.7. The minimum absolute atomic E-state index is 0.0157. The number of furan rings is 1. The molecule has 1 saturated heterocycles. The van der Waals surface area contributed by atoms with Gasteiger partial charge >= 0.3 is 6.03 Å². The van der Waals surface area contributed by atoms with E-state index in [-0.39, 0.29) is 11.9 Å². The summed E-state index contributed by atoms with van der Waals surface area (Å²) >= 11 is 0. The molecular weight excluding hydrogens is 370 g/mol. The van der Waals surface area contributed by atoms with E-state index in [9.17, 15) is 9.59 Å². The number of hydrogen-bond donors (Lipinski definition) is 2. The Morgan fingerprint density at radius 3 is 2.72 bits per heavy atom. The van der Waals surface area contributed by atoms with E-state index in [1.54, 1.807) is 30.5 Å². The molecule has 29 heavy (non-hydrogen) atoms. The van der Waals surface area contributed by atoms with Crippen molar-refractivity contribution in [1.29, 1.82) is 0 Å². The summed E-state index contributed by atoms with van der Waals surface area (Å²) in [5.41, 5.74) is 0.649. The van der Waals surface area contributed by atoms with Gasteiger partial charge in [0.2, 0.25) is 5.91 Å². The number of benzene rings is 1. The summed E-state index contributed by atoms with van der Waals surface area (Å²) in [4.78, 5) is 26.3. The van der Waals surface area contributed by atoms with Gasteiger partial charge in [0.1, 0.15) is 11.5 Å².